The van der Waals surface area contributed by atoms with Gasteiger partial charge in [0.2, 0.25) is 0 Å². The summed E-state index contributed by atoms with van der Waals surface area (Å²) in [6, 6.07) is 2.27. The maximum Gasteiger partial charge on any atom is 0.149 e. The van der Waals surface area contributed by atoms with Crippen molar-refractivity contribution in [2.75, 3.05) is 11.9 Å². The lowest BCUT2D eigenvalue weighted by molar-refractivity contribution is 0.580. The van der Waals surface area contributed by atoms with Gasteiger partial charge in [-0.05, 0) is 28.9 Å². The number of halogens is 3. The SMILES string of the molecule is Cc1ncsc1CCNc1cc(Br)c(F)cc1F. The van der Waals surface area contributed by atoms with Crippen LogP contribution in [0.25, 0.3) is 0 Å². The van der Waals surface area contributed by atoms with E-state index in [0.29, 0.717) is 12.2 Å². The van der Waals surface area contributed by atoms with Crippen molar-refractivity contribution in [1.82, 2.24) is 4.98 Å². The van der Waals surface area contributed by atoms with Gasteiger partial charge in [0.15, 0.2) is 0 Å². The Morgan fingerprint density at radius 2 is 2.11 bits per heavy atom. The highest BCUT2D eigenvalue weighted by molar-refractivity contribution is 9.10. The molecule has 1 aromatic carbocycles. The van der Waals surface area contributed by atoms with Crippen LogP contribution >= 0.6 is 27.3 Å². The van der Waals surface area contributed by atoms with Crippen LogP contribution in [0, 0.1) is 18.6 Å². The van der Waals surface area contributed by atoms with E-state index < -0.39 is 11.6 Å². The van der Waals surface area contributed by atoms with Crippen LogP contribution in [-0.2, 0) is 6.42 Å². The molecule has 0 saturated carbocycles. The first-order valence-electron chi connectivity index (χ1n) is 5.35. The maximum atomic E-state index is 13.4. The molecule has 96 valence electrons. The van der Waals surface area contributed by atoms with E-state index in [4.69, 9.17) is 0 Å². The molecule has 18 heavy (non-hydrogen) atoms. The highest BCUT2D eigenvalue weighted by Crippen LogP contribution is 2.23. The van der Waals surface area contributed by atoms with Crippen LogP contribution in [0.5, 0.6) is 0 Å². The van der Waals surface area contributed by atoms with Gasteiger partial charge in [-0.2, -0.15) is 0 Å². The Labute approximate surface area is 116 Å². The first-order chi connectivity index (χ1) is 8.58. The molecular weight excluding hydrogens is 322 g/mol. The Morgan fingerprint density at radius 3 is 2.78 bits per heavy atom. The van der Waals surface area contributed by atoms with Gasteiger partial charge in [-0.15, -0.1) is 11.3 Å². The topological polar surface area (TPSA) is 24.9 Å². The summed E-state index contributed by atoms with van der Waals surface area (Å²) in [6.45, 7) is 2.53. The summed E-state index contributed by atoms with van der Waals surface area (Å²) in [5.41, 5.74) is 3.09. The van der Waals surface area contributed by atoms with E-state index in [1.807, 2.05) is 6.92 Å². The van der Waals surface area contributed by atoms with E-state index in [2.05, 4.69) is 26.2 Å². The molecule has 0 unspecified atom stereocenters. The third-order valence-electron chi connectivity index (χ3n) is 2.52. The minimum Gasteiger partial charge on any atom is -0.382 e. The van der Waals surface area contributed by atoms with Crippen molar-refractivity contribution in [2.45, 2.75) is 13.3 Å². The van der Waals surface area contributed by atoms with Gasteiger partial charge in [-0.1, -0.05) is 0 Å². The van der Waals surface area contributed by atoms with E-state index in [1.54, 1.807) is 16.8 Å². The number of aromatic nitrogens is 1. The molecule has 0 radical (unpaired) electrons. The van der Waals surface area contributed by atoms with Crippen molar-refractivity contribution in [1.29, 1.82) is 0 Å². The zero-order valence-electron chi connectivity index (χ0n) is 9.64. The van der Waals surface area contributed by atoms with Gasteiger partial charge in [0.25, 0.3) is 0 Å². The maximum absolute atomic E-state index is 13.4. The molecule has 0 bridgehead atoms. The third kappa shape index (κ3) is 3.05. The smallest absolute Gasteiger partial charge is 0.149 e. The fraction of sp³-hybridized carbons (Fsp3) is 0.250. The molecule has 2 aromatic rings. The van der Waals surface area contributed by atoms with Gasteiger partial charge in [0, 0.05) is 23.9 Å². The van der Waals surface area contributed by atoms with E-state index in [-0.39, 0.29) is 4.47 Å². The number of hydrogen-bond donors (Lipinski definition) is 1. The monoisotopic (exact) mass is 332 g/mol. The number of thiazole rings is 1. The van der Waals surface area contributed by atoms with Crippen LogP contribution in [-0.4, -0.2) is 11.5 Å². The van der Waals surface area contributed by atoms with Crippen molar-refractivity contribution < 1.29 is 8.78 Å². The highest BCUT2D eigenvalue weighted by atomic mass is 79.9. The fourth-order valence-corrected chi connectivity index (χ4v) is 2.66. The van der Waals surface area contributed by atoms with Crippen molar-refractivity contribution in [3.05, 3.63) is 44.3 Å². The minimum absolute atomic E-state index is 0.250. The quantitative estimate of drug-likeness (QED) is 0.851. The molecule has 0 saturated heterocycles. The molecule has 6 heteroatoms. The van der Waals surface area contributed by atoms with E-state index in [0.717, 1.165) is 18.2 Å². The van der Waals surface area contributed by atoms with Crippen molar-refractivity contribution in [2.24, 2.45) is 0 Å². The lowest BCUT2D eigenvalue weighted by Crippen LogP contribution is -2.06. The number of hydrogen-bond acceptors (Lipinski definition) is 3. The minimum atomic E-state index is -0.601. The molecule has 1 aromatic heterocycles. The lowest BCUT2D eigenvalue weighted by Gasteiger charge is -2.08. The zero-order chi connectivity index (χ0) is 13.1. The molecule has 1 heterocycles. The van der Waals surface area contributed by atoms with Gasteiger partial charge in [-0.25, -0.2) is 13.8 Å². The van der Waals surface area contributed by atoms with Gasteiger partial charge < -0.3 is 5.32 Å². The normalized spacial score (nSPS) is 10.7. The largest absolute Gasteiger partial charge is 0.382 e. The van der Waals surface area contributed by atoms with Crippen LogP contribution in [0.4, 0.5) is 14.5 Å². The van der Waals surface area contributed by atoms with E-state index in [1.165, 1.54) is 10.9 Å². The molecule has 0 fully saturated rings. The molecule has 2 rings (SSSR count). The first kappa shape index (κ1) is 13.4. The Morgan fingerprint density at radius 1 is 1.33 bits per heavy atom. The van der Waals surface area contributed by atoms with Gasteiger partial charge in [0.05, 0.1) is 21.4 Å². The van der Waals surface area contributed by atoms with Crippen molar-refractivity contribution in [3.63, 3.8) is 0 Å². The third-order valence-corrected chi connectivity index (χ3v) is 4.12. The number of benzene rings is 1. The number of rotatable bonds is 4. The molecular formula is C12H11BrF2N2S. The summed E-state index contributed by atoms with van der Waals surface area (Å²) < 4.78 is 26.7. The Balaban J connectivity index is 1.99. The zero-order valence-corrected chi connectivity index (χ0v) is 12.0. The number of nitrogens with zero attached hydrogens (tertiary/aromatic N) is 1. The van der Waals surface area contributed by atoms with E-state index >= 15 is 0 Å². The Bertz CT molecular complexity index is 557. The average Bonchev–Trinajstić information content (AvgIpc) is 2.72. The molecule has 1 N–H and O–H groups in total. The second-order valence-corrected chi connectivity index (χ2v) is 5.58. The summed E-state index contributed by atoms with van der Waals surface area (Å²) in [5, 5.41) is 2.95. The number of anilines is 1. The van der Waals surface area contributed by atoms with Crippen molar-refractivity contribution >= 4 is 33.0 Å². The summed E-state index contributed by atoms with van der Waals surface area (Å²) in [5.74, 6) is -1.19. The molecule has 0 aliphatic heterocycles. The summed E-state index contributed by atoms with van der Waals surface area (Å²) in [7, 11) is 0. The predicted octanol–water partition coefficient (Wildman–Crippen LogP) is 4.15. The molecule has 0 amide bonds. The second kappa shape index (κ2) is 5.75. The summed E-state index contributed by atoms with van der Waals surface area (Å²) in [6.07, 6.45) is 0.769. The molecule has 0 atom stereocenters. The van der Waals surface area contributed by atoms with Crippen LogP contribution < -0.4 is 5.32 Å². The first-order valence-corrected chi connectivity index (χ1v) is 7.02. The predicted molar refractivity (Wildman–Crippen MR) is 73.1 cm³/mol. The summed E-state index contributed by atoms with van der Waals surface area (Å²) >= 11 is 4.61. The Kier molecular flexibility index (Phi) is 4.29. The fourth-order valence-electron chi connectivity index (χ4n) is 1.53. The van der Waals surface area contributed by atoms with Gasteiger partial charge in [-0.3, -0.25) is 0 Å². The standard InChI is InChI=1S/C12H11BrF2N2S/c1-7-12(18-6-17-7)2-3-16-11-4-8(13)9(14)5-10(11)15/h4-6,16H,2-3H2,1H3. The Hall–Kier alpha value is -1.01. The van der Waals surface area contributed by atoms with Crippen LogP contribution in [0.1, 0.15) is 10.6 Å². The van der Waals surface area contributed by atoms with Crippen LogP contribution in [0.3, 0.4) is 0 Å². The highest BCUT2D eigenvalue weighted by Gasteiger charge is 2.08. The molecule has 2 nitrogen and oxygen atoms in total. The second-order valence-electron chi connectivity index (χ2n) is 3.78. The van der Waals surface area contributed by atoms with Crippen LogP contribution in [0.15, 0.2) is 22.1 Å². The molecule has 0 aliphatic rings. The van der Waals surface area contributed by atoms with Gasteiger partial charge >= 0.3 is 0 Å². The average molecular weight is 333 g/mol. The molecule has 0 aliphatic carbocycles. The molecule has 0 spiro atoms. The van der Waals surface area contributed by atoms with E-state index in [9.17, 15) is 8.78 Å². The van der Waals surface area contributed by atoms with Crippen molar-refractivity contribution in [3.8, 4) is 0 Å². The number of aryl methyl sites for hydroxylation is 1. The summed E-state index contributed by atoms with van der Waals surface area (Å²) in [4.78, 5) is 5.32. The van der Waals surface area contributed by atoms with Gasteiger partial charge in [0.1, 0.15) is 11.6 Å². The number of nitrogens with one attached hydrogen (secondary N) is 1. The van der Waals surface area contributed by atoms with Crippen LogP contribution in [0.2, 0.25) is 0 Å². The lowest BCUT2D eigenvalue weighted by atomic mass is 10.2.